The summed E-state index contributed by atoms with van der Waals surface area (Å²) in [6.07, 6.45) is 2.88. The smallest absolute Gasteiger partial charge is 0.243 e. The van der Waals surface area contributed by atoms with E-state index < -0.39 is 0 Å². The Morgan fingerprint density at radius 2 is 2.10 bits per heavy atom. The molecule has 58 valence electrons. The van der Waals surface area contributed by atoms with E-state index in [1.807, 2.05) is 0 Å². The summed E-state index contributed by atoms with van der Waals surface area (Å²) in [6.45, 7) is 7.16. The van der Waals surface area contributed by atoms with Crippen LogP contribution in [0.15, 0.2) is 25.3 Å². The lowest BCUT2D eigenvalue weighted by Crippen LogP contribution is -2.13. The predicted octanol–water partition coefficient (Wildman–Crippen LogP) is 0.0495. The SMILES string of the molecule is C=CC(=O)NC.C=CCN. The van der Waals surface area contributed by atoms with E-state index in [9.17, 15) is 4.79 Å². The topological polar surface area (TPSA) is 55.1 Å². The monoisotopic (exact) mass is 142 g/mol. The summed E-state index contributed by atoms with van der Waals surface area (Å²) in [7, 11) is 1.56. The molecule has 0 spiro atoms. The van der Waals surface area contributed by atoms with E-state index in [1.165, 1.54) is 6.08 Å². The molecule has 3 heteroatoms. The van der Waals surface area contributed by atoms with Crippen LogP contribution in [-0.2, 0) is 4.79 Å². The van der Waals surface area contributed by atoms with E-state index in [0.29, 0.717) is 6.54 Å². The van der Waals surface area contributed by atoms with Crippen LogP contribution in [0.4, 0.5) is 0 Å². The van der Waals surface area contributed by atoms with Crippen LogP contribution < -0.4 is 11.1 Å². The fraction of sp³-hybridized carbons (Fsp3) is 0.286. The Morgan fingerprint density at radius 3 is 2.10 bits per heavy atom. The fourth-order valence-electron chi connectivity index (χ4n) is 0.102. The summed E-state index contributed by atoms with van der Waals surface area (Å²) in [6, 6.07) is 0. The molecule has 0 bridgehead atoms. The Balaban J connectivity index is 0. The van der Waals surface area contributed by atoms with E-state index in [-0.39, 0.29) is 5.91 Å². The Morgan fingerprint density at radius 1 is 1.70 bits per heavy atom. The third-order valence-corrected chi connectivity index (χ3v) is 0.598. The highest BCUT2D eigenvalue weighted by atomic mass is 16.1. The molecule has 10 heavy (non-hydrogen) atoms. The van der Waals surface area contributed by atoms with Crippen molar-refractivity contribution < 1.29 is 4.79 Å². The number of hydrogen-bond acceptors (Lipinski definition) is 2. The van der Waals surface area contributed by atoms with E-state index >= 15 is 0 Å². The minimum atomic E-state index is -0.144. The molecule has 0 aromatic heterocycles. The molecule has 0 aliphatic rings. The lowest BCUT2D eigenvalue weighted by molar-refractivity contribution is -0.116. The van der Waals surface area contributed by atoms with Gasteiger partial charge >= 0.3 is 0 Å². The van der Waals surface area contributed by atoms with Gasteiger partial charge in [-0.2, -0.15) is 0 Å². The van der Waals surface area contributed by atoms with Gasteiger partial charge in [-0.3, -0.25) is 4.79 Å². The average molecular weight is 142 g/mol. The second kappa shape index (κ2) is 10.8. The van der Waals surface area contributed by atoms with Crippen LogP contribution >= 0.6 is 0 Å². The molecule has 0 heterocycles. The van der Waals surface area contributed by atoms with Crippen molar-refractivity contribution in [3.8, 4) is 0 Å². The zero-order valence-corrected chi connectivity index (χ0v) is 6.26. The van der Waals surface area contributed by atoms with Gasteiger partial charge in [-0.05, 0) is 6.08 Å². The second-order valence-corrected chi connectivity index (χ2v) is 1.34. The largest absolute Gasteiger partial charge is 0.356 e. The van der Waals surface area contributed by atoms with Crippen molar-refractivity contribution in [1.29, 1.82) is 0 Å². The molecule has 0 unspecified atom stereocenters. The van der Waals surface area contributed by atoms with E-state index in [0.717, 1.165) is 0 Å². The predicted molar refractivity (Wildman–Crippen MR) is 43.5 cm³/mol. The molecule has 0 aromatic rings. The number of nitrogens with two attached hydrogens (primary N) is 1. The lowest BCUT2D eigenvalue weighted by atomic mass is 10.6. The Labute approximate surface area is 61.6 Å². The summed E-state index contributed by atoms with van der Waals surface area (Å²) in [5.74, 6) is -0.144. The number of amides is 1. The number of carbonyl (C=O) groups excluding carboxylic acids is 1. The lowest BCUT2D eigenvalue weighted by Gasteiger charge is -1.82. The van der Waals surface area contributed by atoms with Crippen LogP contribution in [0, 0.1) is 0 Å². The zero-order valence-electron chi connectivity index (χ0n) is 6.26. The van der Waals surface area contributed by atoms with Crippen molar-refractivity contribution in [2.24, 2.45) is 5.73 Å². The van der Waals surface area contributed by atoms with Crippen molar-refractivity contribution in [3.05, 3.63) is 25.3 Å². The molecule has 0 aliphatic carbocycles. The molecule has 0 radical (unpaired) electrons. The number of likely N-dealkylation sites (N-methyl/N-ethyl adjacent to an activating group) is 1. The van der Waals surface area contributed by atoms with Crippen molar-refractivity contribution >= 4 is 5.91 Å². The maximum absolute atomic E-state index is 9.95. The highest BCUT2D eigenvalue weighted by Crippen LogP contribution is 1.56. The van der Waals surface area contributed by atoms with Gasteiger partial charge in [0.25, 0.3) is 0 Å². The van der Waals surface area contributed by atoms with E-state index in [2.05, 4.69) is 18.5 Å². The van der Waals surface area contributed by atoms with Crippen molar-refractivity contribution in [3.63, 3.8) is 0 Å². The highest BCUT2D eigenvalue weighted by molar-refractivity contribution is 5.86. The van der Waals surface area contributed by atoms with Crippen LogP contribution in [0.5, 0.6) is 0 Å². The number of hydrogen-bond donors (Lipinski definition) is 2. The first kappa shape index (κ1) is 11.7. The van der Waals surface area contributed by atoms with Crippen LogP contribution in [0.3, 0.4) is 0 Å². The summed E-state index contributed by atoms with van der Waals surface area (Å²) in [5.41, 5.74) is 4.91. The molecular weight excluding hydrogens is 128 g/mol. The van der Waals surface area contributed by atoms with Crippen LogP contribution in [-0.4, -0.2) is 19.5 Å². The standard InChI is InChI=1S/C4H7NO.C3H7N/c1-3-4(6)5-2;1-2-3-4/h3H,1H2,2H3,(H,5,6);2H,1,3-4H2. The maximum atomic E-state index is 9.95. The van der Waals surface area contributed by atoms with Crippen LogP contribution in [0.1, 0.15) is 0 Å². The molecule has 0 saturated heterocycles. The third kappa shape index (κ3) is 15.8. The minimum absolute atomic E-state index is 0.144. The van der Waals surface area contributed by atoms with Gasteiger partial charge in [0.15, 0.2) is 0 Å². The third-order valence-electron chi connectivity index (χ3n) is 0.598. The van der Waals surface area contributed by atoms with Gasteiger partial charge in [0.1, 0.15) is 0 Å². The van der Waals surface area contributed by atoms with Crippen molar-refractivity contribution in [2.75, 3.05) is 13.6 Å². The summed E-state index contributed by atoms with van der Waals surface area (Å²) >= 11 is 0. The van der Waals surface area contributed by atoms with E-state index in [4.69, 9.17) is 5.73 Å². The van der Waals surface area contributed by atoms with Gasteiger partial charge in [-0.1, -0.05) is 12.7 Å². The van der Waals surface area contributed by atoms with Crippen LogP contribution in [0.25, 0.3) is 0 Å². The molecule has 0 rings (SSSR count). The summed E-state index contributed by atoms with van der Waals surface area (Å²) < 4.78 is 0. The quantitative estimate of drug-likeness (QED) is 0.423. The number of nitrogens with one attached hydrogen (secondary N) is 1. The van der Waals surface area contributed by atoms with Crippen LogP contribution in [0.2, 0.25) is 0 Å². The second-order valence-electron chi connectivity index (χ2n) is 1.34. The molecule has 0 atom stereocenters. The Hall–Kier alpha value is -1.09. The van der Waals surface area contributed by atoms with Gasteiger partial charge in [0.05, 0.1) is 0 Å². The maximum Gasteiger partial charge on any atom is 0.243 e. The zero-order chi connectivity index (χ0) is 8.41. The molecule has 1 amide bonds. The van der Waals surface area contributed by atoms with E-state index in [1.54, 1.807) is 13.1 Å². The minimum Gasteiger partial charge on any atom is -0.356 e. The van der Waals surface area contributed by atoms with Gasteiger partial charge < -0.3 is 11.1 Å². The summed E-state index contributed by atoms with van der Waals surface area (Å²) in [5, 5.41) is 2.36. The molecule has 0 fully saturated rings. The van der Waals surface area contributed by atoms with Gasteiger partial charge in [-0.25, -0.2) is 0 Å². The average Bonchev–Trinajstić information content (AvgIpc) is 2.03. The molecule has 0 aliphatic heterocycles. The van der Waals surface area contributed by atoms with Crippen molar-refractivity contribution in [1.82, 2.24) is 5.32 Å². The van der Waals surface area contributed by atoms with Gasteiger partial charge in [0, 0.05) is 13.6 Å². The van der Waals surface area contributed by atoms with Gasteiger partial charge in [0.2, 0.25) is 5.91 Å². The Bertz CT molecular complexity index is 110. The summed E-state index contributed by atoms with van der Waals surface area (Å²) in [4.78, 5) is 9.95. The van der Waals surface area contributed by atoms with Gasteiger partial charge in [-0.15, -0.1) is 6.58 Å². The molecule has 0 aromatic carbocycles. The highest BCUT2D eigenvalue weighted by Gasteiger charge is 1.78. The number of rotatable bonds is 2. The fourth-order valence-corrected chi connectivity index (χ4v) is 0.102. The molecule has 0 saturated carbocycles. The molecule has 3 N–H and O–H groups in total. The normalized spacial score (nSPS) is 6.60. The molecular formula is C7H14N2O. The Kier molecular flexibility index (Phi) is 12.6. The first-order chi connectivity index (χ1) is 4.72. The number of carbonyl (C=O) groups is 1. The molecule has 3 nitrogen and oxygen atoms in total. The van der Waals surface area contributed by atoms with Crippen molar-refractivity contribution in [2.45, 2.75) is 0 Å². The first-order valence-electron chi connectivity index (χ1n) is 2.88. The first-order valence-corrected chi connectivity index (χ1v) is 2.88.